The Kier molecular flexibility index (Phi) is 6.24. The van der Waals surface area contributed by atoms with E-state index < -0.39 is 15.7 Å². The van der Waals surface area contributed by atoms with Gasteiger partial charge in [-0.1, -0.05) is 23.4 Å². The van der Waals surface area contributed by atoms with Crippen LogP contribution in [-0.4, -0.2) is 36.8 Å². The number of carbonyl (C=O) groups is 1. The van der Waals surface area contributed by atoms with Gasteiger partial charge in [-0.2, -0.15) is 0 Å². The first-order chi connectivity index (χ1) is 15.4. The Hall–Kier alpha value is -3.24. The summed E-state index contributed by atoms with van der Waals surface area (Å²) in [6.45, 7) is 4.30. The Morgan fingerprint density at radius 2 is 1.91 bits per heavy atom. The van der Waals surface area contributed by atoms with Gasteiger partial charge in [0.15, 0.2) is 26.4 Å². The third-order valence-electron chi connectivity index (χ3n) is 4.60. The number of hydrogen-bond acceptors (Lipinski definition) is 8. The van der Waals surface area contributed by atoms with Crippen molar-refractivity contribution in [2.75, 3.05) is 17.7 Å². The lowest BCUT2D eigenvalue weighted by atomic mass is 10.1. The van der Waals surface area contributed by atoms with Crippen molar-refractivity contribution in [1.29, 1.82) is 0 Å². The van der Waals surface area contributed by atoms with Crippen LogP contribution >= 0.6 is 11.3 Å². The summed E-state index contributed by atoms with van der Waals surface area (Å²) in [5.41, 5.74) is 1.47. The zero-order valence-electron chi connectivity index (χ0n) is 17.5. The molecule has 166 valence electrons. The lowest BCUT2D eigenvalue weighted by Gasteiger charge is -2.03. The van der Waals surface area contributed by atoms with Crippen molar-refractivity contribution in [3.05, 3.63) is 54.2 Å². The molecule has 0 spiro atoms. The van der Waals surface area contributed by atoms with E-state index in [1.165, 1.54) is 29.5 Å². The third kappa shape index (κ3) is 4.66. The molecule has 2 heterocycles. The number of rotatable bonds is 8. The monoisotopic (exact) mass is 471 g/mol. The Morgan fingerprint density at radius 1 is 1.12 bits per heavy atom. The molecule has 0 fully saturated rings. The molecule has 1 amide bonds. The standard InChI is InChI=1S/C22H21N3O5S2/c1-3-11-32(27,28)16-8-5-14(6-9-16)19-13-18(25-30-19)21(26)24-22-23-17-10-7-15(29-4-2)12-20(17)31-22/h5-10,12-13H,3-4,11H2,1-2H3,(H,23,24,26). The second kappa shape index (κ2) is 9.09. The number of amides is 1. The topological polar surface area (TPSA) is 111 Å². The van der Waals surface area contributed by atoms with E-state index in [0.717, 1.165) is 16.0 Å². The van der Waals surface area contributed by atoms with Gasteiger partial charge in [0, 0.05) is 11.6 Å². The van der Waals surface area contributed by atoms with E-state index >= 15 is 0 Å². The van der Waals surface area contributed by atoms with Crippen LogP contribution in [0.2, 0.25) is 0 Å². The van der Waals surface area contributed by atoms with Crippen LogP contribution in [0.1, 0.15) is 30.8 Å². The number of fused-ring (bicyclic) bond motifs is 1. The number of anilines is 1. The molecule has 0 saturated heterocycles. The molecule has 8 nitrogen and oxygen atoms in total. The Balaban J connectivity index is 1.48. The van der Waals surface area contributed by atoms with Gasteiger partial charge in [0.05, 0.1) is 27.5 Å². The summed E-state index contributed by atoms with van der Waals surface area (Å²) in [6, 6.07) is 13.4. The molecule has 0 bridgehead atoms. The summed E-state index contributed by atoms with van der Waals surface area (Å²) < 4.78 is 36.0. The number of nitrogens with zero attached hydrogens (tertiary/aromatic N) is 2. The highest BCUT2D eigenvalue weighted by molar-refractivity contribution is 7.91. The van der Waals surface area contributed by atoms with Gasteiger partial charge in [-0.15, -0.1) is 0 Å². The molecule has 0 saturated carbocycles. The van der Waals surface area contributed by atoms with Crippen LogP contribution in [-0.2, 0) is 9.84 Å². The first kappa shape index (κ1) is 22.0. The van der Waals surface area contributed by atoms with Crippen molar-refractivity contribution < 1.29 is 22.5 Å². The zero-order valence-corrected chi connectivity index (χ0v) is 19.1. The van der Waals surface area contributed by atoms with Crippen molar-refractivity contribution in [1.82, 2.24) is 10.1 Å². The van der Waals surface area contributed by atoms with Crippen molar-refractivity contribution in [3.63, 3.8) is 0 Å². The molecule has 32 heavy (non-hydrogen) atoms. The van der Waals surface area contributed by atoms with Crippen LogP contribution in [0.3, 0.4) is 0 Å². The fourth-order valence-corrected chi connectivity index (χ4v) is 5.32. The average Bonchev–Trinajstić information content (AvgIpc) is 3.41. The van der Waals surface area contributed by atoms with E-state index in [1.54, 1.807) is 12.1 Å². The van der Waals surface area contributed by atoms with E-state index in [-0.39, 0.29) is 16.3 Å². The van der Waals surface area contributed by atoms with Gasteiger partial charge in [-0.25, -0.2) is 13.4 Å². The molecule has 1 N–H and O–H groups in total. The maximum atomic E-state index is 12.6. The second-order valence-corrected chi connectivity index (χ2v) is 10.1. The number of carbonyl (C=O) groups excluding carboxylic acids is 1. The van der Waals surface area contributed by atoms with E-state index in [0.29, 0.717) is 29.5 Å². The quantitative estimate of drug-likeness (QED) is 0.393. The van der Waals surface area contributed by atoms with Crippen LogP contribution < -0.4 is 10.1 Å². The molecule has 4 aromatic rings. The second-order valence-electron chi connectivity index (χ2n) is 6.96. The molecule has 0 aliphatic rings. The molecule has 2 aromatic carbocycles. The van der Waals surface area contributed by atoms with E-state index in [9.17, 15) is 13.2 Å². The summed E-state index contributed by atoms with van der Waals surface area (Å²) >= 11 is 1.33. The van der Waals surface area contributed by atoms with E-state index in [1.807, 2.05) is 32.0 Å². The summed E-state index contributed by atoms with van der Waals surface area (Å²) in [7, 11) is -3.29. The summed E-state index contributed by atoms with van der Waals surface area (Å²) in [5.74, 6) is 0.750. The molecular formula is C22H21N3O5S2. The minimum atomic E-state index is -3.29. The normalized spacial score (nSPS) is 11.6. The van der Waals surface area contributed by atoms with Crippen LogP contribution in [0.15, 0.2) is 57.9 Å². The summed E-state index contributed by atoms with van der Waals surface area (Å²) in [6.07, 6.45) is 0.549. The Labute approximate surface area is 189 Å². The minimum Gasteiger partial charge on any atom is -0.494 e. The molecule has 0 aliphatic heterocycles. The number of sulfone groups is 1. The van der Waals surface area contributed by atoms with Gasteiger partial charge in [0.1, 0.15) is 5.75 Å². The summed E-state index contributed by atoms with van der Waals surface area (Å²) in [4.78, 5) is 17.3. The van der Waals surface area contributed by atoms with E-state index in [4.69, 9.17) is 9.26 Å². The molecule has 10 heteroatoms. The number of nitrogens with one attached hydrogen (secondary N) is 1. The zero-order chi connectivity index (χ0) is 22.7. The molecule has 2 aromatic heterocycles. The van der Waals surface area contributed by atoms with Gasteiger partial charge in [0.25, 0.3) is 5.91 Å². The minimum absolute atomic E-state index is 0.0944. The molecular weight excluding hydrogens is 450 g/mol. The van der Waals surface area contributed by atoms with Crippen molar-refractivity contribution in [3.8, 4) is 17.1 Å². The SMILES string of the molecule is CCCS(=O)(=O)c1ccc(-c2cc(C(=O)Nc3nc4ccc(OCC)cc4s3)no2)cc1. The van der Waals surface area contributed by atoms with Crippen LogP contribution in [0.5, 0.6) is 5.75 Å². The van der Waals surface area contributed by atoms with Crippen molar-refractivity contribution in [2.24, 2.45) is 0 Å². The Morgan fingerprint density at radius 3 is 2.62 bits per heavy atom. The molecule has 0 unspecified atom stereocenters. The van der Waals surface area contributed by atoms with E-state index in [2.05, 4.69) is 15.5 Å². The van der Waals surface area contributed by atoms with Gasteiger partial charge >= 0.3 is 0 Å². The number of benzene rings is 2. The third-order valence-corrected chi connectivity index (χ3v) is 7.47. The fraction of sp³-hybridized carbons (Fsp3) is 0.227. The van der Waals surface area contributed by atoms with Crippen molar-refractivity contribution >= 4 is 42.4 Å². The molecule has 0 atom stereocenters. The van der Waals surface area contributed by atoms with Crippen LogP contribution in [0.4, 0.5) is 5.13 Å². The highest BCUT2D eigenvalue weighted by Crippen LogP contribution is 2.30. The Bertz CT molecular complexity index is 1360. The number of hydrogen-bond donors (Lipinski definition) is 1. The van der Waals surface area contributed by atoms with Crippen LogP contribution in [0.25, 0.3) is 21.5 Å². The first-order valence-electron chi connectivity index (χ1n) is 10.0. The largest absolute Gasteiger partial charge is 0.494 e. The van der Waals surface area contributed by atoms with Gasteiger partial charge in [-0.05, 0) is 55.8 Å². The number of ether oxygens (including phenoxy) is 1. The van der Waals surface area contributed by atoms with Gasteiger partial charge in [0.2, 0.25) is 0 Å². The fourth-order valence-electron chi connectivity index (χ4n) is 3.11. The molecule has 0 aliphatic carbocycles. The van der Waals surface area contributed by atoms with Gasteiger partial charge < -0.3 is 9.26 Å². The molecule has 4 rings (SSSR count). The highest BCUT2D eigenvalue weighted by atomic mass is 32.2. The maximum Gasteiger partial charge on any atom is 0.279 e. The smallest absolute Gasteiger partial charge is 0.279 e. The summed E-state index contributed by atoms with van der Waals surface area (Å²) in [5, 5.41) is 7.00. The predicted molar refractivity (Wildman–Crippen MR) is 123 cm³/mol. The lowest BCUT2D eigenvalue weighted by molar-refractivity contribution is 0.101. The van der Waals surface area contributed by atoms with Gasteiger partial charge in [-0.3, -0.25) is 10.1 Å². The highest BCUT2D eigenvalue weighted by Gasteiger charge is 2.17. The van der Waals surface area contributed by atoms with Crippen molar-refractivity contribution in [2.45, 2.75) is 25.2 Å². The lowest BCUT2D eigenvalue weighted by Crippen LogP contribution is -2.11. The average molecular weight is 472 g/mol. The predicted octanol–water partition coefficient (Wildman–Crippen LogP) is 4.79. The molecule has 0 radical (unpaired) electrons. The number of aromatic nitrogens is 2. The first-order valence-corrected chi connectivity index (χ1v) is 12.5. The maximum absolute atomic E-state index is 12.6. The number of thiazole rings is 1. The van der Waals surface area contributed by atoms with Crippen LogP contribution in [0, 0.1) is 0 Å².